The van der Waals surface area contributed by atoms with Gasteiger partial charge in [-0.2, -0.15) is 5.21 Å². The number of tetrazole rings is 2. The molecule has 12 nitrogen and oxygen atoms in total. The van der Waals surface area contributed by atoms with Gasteiger partial charge in [0.05, 0.1) is 6.54 Å². The molecule has 4 aromatic heterocycles. The van der Waals surface area contributed by atoms with Gasteiger partial charge < -0.3 is 0 Å². The third-order valence-electron chi connectivity index (χ3n) is 6.15. The van der Waals surface area contributed by atoms with Crippen molar-refractivity contribution in [3.63, 3.8) is 0 Å². The molecule has 1 N–H and O–H groups in total. The Hall–Kier alpha value is -4.48. The lowest BCUT2D eigenvalue weighted by molar-refractivity contribution is 0.465. The van der Waals surface area contributed by atoms with Crippen molar-refractivity contribution in [2.45, 2.75) is 53.1 Å². The molecular formula is C25H29N11O. The van der Waals surface area contributed by atoms with E-state index in [9.17, 15) is 4.79 Å². The number of benzene rings is 1. The number of rotatable bonds is 10. The summed E-state index contributed by atoms with van der Waals surface area (Å²) in [5.74, 6) is 1.25. The molecule has 0 aliphatic heterocycles. The zero-order chi connectivity index (χ0) is 25.8. The summed E-state index contributed by atoms with van der Waals surface area (Å²) in [6.45, 7) is 7.27. The van der Waals surface area contributed by atoms with Crippen LogP contribution >= 0.6 is 0 Å². The smallest absolute Gasteiger partial charge is 0.291 e. The fourth-order valence-corrected chi connectivity index (χ4v) is 4.41. The zero-order valence-electron chi connectivity index (χ0n) is 21.1. The van der Waals surface area contributed by atoms with Crippen molar-refractivity contribution in [2.24, 2.45) is 5.92 Å². The Labute approximate surface area is 213 Å². The van der Waals surface area contributed by atoms with Crippen molar-refractivity contribution < 1.29 is 0 Å². The number of nitrogens with one attached hydrogen (secondary N) is 1. The van der Waals surface area contributed by atoms with Crippen LogP contribution in [0.25, 0.3) is 28.5 Å². The molecule has 1 aromatic carbocycles. The molecule has 0 spiro atoms. The topological polar surface area (TPSA) is 138 Å². The number of imidazole rings is 1. The molecule has 0 bridgehead atoms. The Bertz CT molecular complexity index is 1530. The maximum absolute atomic E-state index is 13.8. The SMILES string of the molecule is CCCCc1cn(-c2nnnn2CC(C)C)c(=O)n1Cc1cnccc1-c1ccccc1-c1nn[nH]n1. The van der Waals surface area contributed by atoms with E-state index in [-0.39, 0.29) is 5.69 Å². The van der Waals surface area contributed by atoms with E-state index in [1.54, 1.807) is 26.2 Å². The molecule has 0 radical (unpaired) electrons. The Kier molecular flexibility index (Phi) is 6.97. The monoisotopic (exact) mass is 499 g/mol. The Morgan fingerprint density at radius 3 is 2.65 bits per heavy atom. The summed E-state index contributed by atoms with van der Waals surface area (Å²) in [5.41, 5.74) is 4.36. The minimum atomic E-state index is -0.188. The van der Waals surface area contributed by atoms with E-state index in [0.29, 0.717) is 30.8 Å². The second-order valence-corrected chi connectivity index (χ2v) is 9.33. The fraction of sp³-hybridized carbons (Fsp3) is 0.360. The van der Waals surface area contributed by atoms with Crippen molar-refractivity contribution in [1.29, 1.82) is 0 Å². The van der Waals surface area contributed by atoms with Crippen LogP contribution in [0.1, 0.15) is 44.9 Å². The summed E-state index contributed by atoms with van der Waals surface area (Å²) in [7, 11) is 0. The van der Waals surface area contributed by atoms with Gasteiger partial charge in [-0.1, -0.05) is 56.6 Å². The highest BCUT2D eigenvalue weighted by Gasteiger charge is 2.20. The standard InChI is InChI=1S/C25H29N11O/c1-4-5-8-19-16-35(24-29-32-33-36(24)14-17(2)3)25(37)34(19)15-18-13-26-12-11-20(18)21-9-6-7-10-22(21)23-27-30-31-28-23/h6-7,9-13,16-17H,4-5,8,14-15H2,1-3H3,(H,27,28,30,31). The number of nitrogens with zero attached hydrogens (tertiary/aromatic N) is 10. The number of pyridine rings is 1. The number of H-pyrrole nitrogens is 1. The van der Waals surface area contributed by atoms with Crippen LogP contribution in [0.5, 0.6) is 0 Å². The van der Waals surface area contributed by atoms with Crippen LogP contribution in [0.4, 0.5) is 0 Å². The van der Waals surface area contributed by atoms with Crippen LogP contribution in [-0.4, -0.2) is 54.9 Å². The van der Waals surface area contributed by atoms with Crippen LogP contribution in [-0.2, 0) is 19.5 Å². The number of aromatic nitrogens is 11. The lowest BCUT2D eigenvalue weighted by Gasteiger charge is -2.13. The van der Waals surface area contributed by atoms with Crippen molar-refractivity contribution in [3.8, 4) is 28.5 Å². The summed E-state index contributed by atoms with van der Waals surface area (Å²) in [4.78, 5) is 18.1. The first-order chi connectivity index (χ1) is 18.1. The van der Waals surface area contributed by atoms with Gasteiger partial charge in [-0.3, -0.25) is 9.55 Å². The molecule has 12 heteroatoms. The van der Waals surface area contributed by atoms with Crippen LogP contribution in [0.2, 0.25) is 0 Å². The normalized spacial score (nSPS) is 11.5. The fourth-order valence-electron chi connectivity index (χ4n) is 4.41. The molecule has 0 saturated carbocycles. The van der Waals surface area contributed by atoms with Crippen LogP contribution in [0, 0.1) is 5.92 Å². The van der Waals surface area contributed by atoms with Gasteiger partial charge in [0, 0.05) is 36.4 Å². The van der Waals surface area contributed by atoms with Crippen molar-refractivity contribution in [3.05, 3.63) is 70.7 Å². The highest BCUT2D eigenvalue weighted by Crippen LogP contribution is 2.32. The average molecular weight is 500 g/mol. The van der Waals surface area contributed by atoms with E-state index < -0.39 is 0 Å². The van der Waals surface area contributed by atoms with Gasteiger partial charge in [-0.25, -0.2) is 14.0 Å². The highest BCUT2D eigenvalue weighted by molar-refractivity contribution is 5.81. The van der Waals surface area contributed by atoms with Gasteiger partial charge in [0.15, 0.2) is 0 Å². The summed E-state index contributed by atoms with van der Waals surface area (Å²) in [5, 5.41) is 26.7. The van der Waals surface area contributed by atoms with Gasteiger partial charge in [0.25, 0.3) is 5.95 Å². The Morgan fingerprint density at radius 2 is 1.89 bits per heavy atom. The molecular weight excluding hydrogens is 470 g/mol. The molecule has 4 heterocycles. The zero-order valence-corrected chi connectivity index (χ0v) is 21.1. The molecule has 0 aliphatic carbocycles. The molecule has 0 amide bonds. The maximum Gasteiger partial charge on any atom is 0.335 e. The summed E-state index contributed by atoms with van der Waals surface area (Å²) in [6.07, 6.45) is 8.15. The maximum atomic E-state index is 13.8. The molecule has 5 aromatic rings. The van der Waals surface area contributed by atoms with Crippen LogP contribution in [0.15, 0.2) is 53.7 Å². The summed E-state index contributed by atoms with van der Waals surface area (Å²) in [6, 6.07) is 9.81. The first-order valence-corrected chi connectivity index (χ1v) is 12.4. The van der Waals surface area contributed by atoms with Gasteiger partial charge in [0.2, 0.25) is 5.82 Å². The molecule has 0 atom stereocenters. The second-order valence-electron chi connectivity index (χ2n) is 9.33. The molecule has 0 aliphatic rings. The van der Waals surface area contributed by atoms with E-state index >= 15 is 0 Å². The minimum absolute atomic E-state index is 0.188. The molecule has 37 heavy (non-hydrogen) atoms. The molecule has 190 valence electrons. The van der Waals surface area contributed by atoms with Crippen molar-refractivity contribution >= 4 is 0 Å². The molecule has 0 saturated heterocycles. The highest BCUT2D eigenvalue weighted by atomic mass is 16.2. The first-order valence-electron chi connectivity index (χ1n) is 12.4. The first kappa shape index (κ1) is 24.2. The third-order valence-corrected chi connectivity index (χ3v) is 6.15. The van der Waals surface area contributed by atoms with Crippen molar-refractivity contribution in [2.75, 3.05) is 0 Å². The summed E-state index contributed by atoms with van der Waals surface area (Å²) >= 11 is 0. The van der Waals surface area contributed by atoms with E-state index in [4.69, 9.17) is 0 Å². The number of hydrogen-bond acceptors (Lipinski definition) is 8. The van der Waals surface area contributed by atoms with E-state index in [1.807, 2.05) is 36.5 Å². The minimum Gasteiger partial charge on any atom is -0.291 e. The number of unbranched alkanes of at least 4 members (excludes halogenated alkanes) is 1. The average Bonchev–Trinajstić information content (AvgIpc) is 3.65. The predicted molar refractivity (Wildman–Crippen MR) is 137 cm³/mol. The lowest BCUT2D eigenvalue weighted by Crippen LogP contribution is -2.27. The number of aromatic amines is 1. The lowest BCUT2D eigenvalue weighted by atomic mass is 9.96. The van der Waals surface area contributed by atoms with Gasteiger partial charge >= 0.3 is 5.69 Å². The number of hydrogen-bond donors (Lipinski definition) is 1. The van der Waals surface area contributed by atoms with E-state index in [1.165, 1.54) is 0 Å². The van der Waals surface area contributed by atoms with Gasteiger partial charge in [0.1, 0.15) is 0 Å². The number of aryl methyl sites for hydroxylation is 1. The van der Waals surface area contributed by atoms with E-state index in [2.05, 4.69) is 61.9 Å². The van der Waals surface area contributed by atoms with E-state index in [0.717, 1.165) is 47.2 Å². The Morgan fingerprint density at radius 1 is 1.05 bits per heavy atom. The van der Waals surface area contributed by atoms with Crippen molar-refractivity contribution in [1.82, 2.24) is 54.9 Å². The van der Waals surface area contributed by atoms with Gasteiger partial charge in [-0.05, 0) is 57.2 Å². The second kappa shape index (κ2) is 10.6. The van der Waals surface area contributed by atoms with Gasteiger partial charge in [-0.15, -0.1) is 10.2 Å². The van der Waals surface area contributed by atoms with Crippen LogP contribution < -0.4 is 5.69 Å². The predicted octanol–water partition coefficient (Wildman–Crippen LogP) is 2.91. The van der Waals surface area contributed by atoms with Crippen LogP contribution in [0.3, 0.4) is 0 Å². The molecule has 0 unspecified atom stereocenters. The third kappa shape index (κ3) is 4.95. The Balaban J connectivity index is 1.59. The molecule has 0 fully saturated rings. The molecule has 5 rings (SSSR count). The largest absolute Gasteiger partial charge is 0.335 e. The quantitative estimate of drug-likeness (QED) is 0.310. The summed E-state index contributed by atoms with van der Waals surface area (Å²) < 4.78 is 5.02.